The first kappa shape index (κ1) is 9.56. The van der Waals surface area contributed by atoms with Crippen molar-refractivity contribution in [2.45, 2.75) is 52.5 Å². The summed E-state index contributed by atoms with van der Waals surface area (Å²) in [5.74, 6) is 0.731. The Labute approximate surface area is 75.3 Å². The topological polar surface area (TPSA) is 38.4 Å². The van der Waals surface area contributed by atoms with Crippen molar-refractivity contribution in [3.8, 4) is 0 Å². The molecular formula is C10H20N2. The first-order valence-corrected chi connectivity index (χ1v) is 4.82. The van der Waals surface area contributed by atoms with Gasteiger partial charge in [0.2, 0.25) is 0 Å². The number of hydrogen-bond donors (Lipinski definition) is 1. The van der Waals surface area contributed by atoms with Crippen molar-refractivity contribution < 1.29 is 0 Å². The monoisotopic (exact) mass is 168 g/mol. The van der Waals surface area contributed by atoms with Crippen molar-refractivity contribution in [1.29, 1.82) is 0 Å². The van der Waals surface area contributed by atoms with Crippen LogP contribution in [-0.4, -0.2) is 11.9 Å². The van der Waals surface area contributed by atoms with Crippen molar-refractivity contribution in [2.75, 3.05) is 0 Å². The van der Waals surface area contributed by atoms with Gasteiger partial charge in [0.15, 0.2) is 0 Å². The maximum Gasteiger partial charge on any atom is 0.0909 e. The largest absolute Gasteiger partial charge is 0.388 e. The van der Waals surface area contributed by atoms with Crippen LogP contribution in [0.4, 0.5) is 0 Å². The van der Waals surface area contributed by atoms with Crippen LogP contribution in [-0.2, 0) is 0 Å². The zero-order valence-electron chi connectivity index (χ0n) is 8.43. The van der Waals surface area contributed by atoms with Gasteiger partial charge in [-0.05, 0) is 25.2 Å². The lowest BCUT2D eigenvalue weighted by atomic mass is 9.73. The van der Waals surface area contributed by atoms with Crippen molar-refractivity contribution in [1.82, 2.24) is 0 Å². The summed E-state index contributed by atoms with van der Waals surface area (Å²) in [5.41, 5.74) is 5.95. The predicted octanol–water partition coefficient (Wildman–Crippen LogP) is 2.33. The molecule has 0 bridgehead atoms. The third kappa shape index (κ3) is 2.23. The van der Waals surface area contributed by atoms with E-state index in [1.165, 1.54) is 25.7 Å². The van der Waals surface area contributed by atoms with E-state index in [1.807, 2.05) is 6.92 Å². The van der Waals surface area contributed by atoms with E-state index in [4.69, 9.17) is 5.73 Å². The second-order valence-electron chi connectivity index (χ2n) is 4.52. The molecule has 1 saturated carbocycles. The van der Waals surface area contributed by atoms with Crippen LogP contribution < -0.4 is 5.73 Å². The fraction of sp³-hybridized carbons (Fsp3) is 0.900. The molecule has 1 aliphatic rings. The van der Waals surface area contributed by atoms with Crippen LogP contribution in [0.1, 0.15) is 46.5 Å². The van der Waals surface area contributed by atoms with Crippen LogP contribution in [0.5, 0.6) is 0 Å². The molecule has 0 spiro atoms. The highest BCUT2D eigenvalue weighted by atomic mass is 14.9. The van der Waals surface area contributed by atoms with Crippen LogP contribution in [0.15, 0.2) is 4.99 Å². The molecule has 1 aliphatic carbocycles. The Balaban J connectivity index is 2.67. The summed E-state index contributed by atoms with van der Waals surface area (Å²) < 4.78 is 0. The smallest absolute Gasteiger partial charge is 0.0909 e. The average Bonchev–Trinajstić information content (AvgIpc) is 1.92. The molecule has 2 heteroatoms. The fourth-order valence-corrected chi connectivity index (χ4v) is 1.96. The first-order valence-electron chi connectivity index (χ1n) is 4.82. The van der Waals surface area contributed by atoms with Crippen LogP contribution >= 0.6 is 0 Å². The Bertz CT molecular complexity index is 178. The number of rotatable bonds is 1. The maximum atomic E-state index is 5.59. The second kappa shape index (κ2) is 3.46. The van der Waals surface area contributed by atoms with E-state index < -0.39 is 0 Å². The van der Waals surface area contributed by atoms with E-state index in [1.54, 1.807) is 0 Å². The molecule has 70 valence electrons. The van der Waals surface area contributed by atoms with Crippen molar-refractivity contribution in [3.63, 3.8) is 0 Å². The highest BCUT2D eigenvalue weighted by molar-refractivity contribution is 5.77. The van der Waals surface area contributed by atoms with Gasteiger partial charge in [0, 0.05) is 0 Å². The molecule has 0 aromatic carbocycles. The molecule has 1 atom stereocenters. The Morgan fingerprint density at radius 3 is 2.58 bits per heavy atom. The van der Waals surface area contributed by atoms with Gasteiger partial charge < -0.3 is 5.73 Å². The minimum absolute atomic E-state index is 0.360. The molecule has 0 aliphatic heterocycles. The van der Waals surface area contributed by atoms with E-state index >= 15 is 0 Å². The molecule has 0 amide bonds. The standard InChI is InChI=1S/C10H20N2/c1-8(11)12-9-6-4-5-7-10(9,2)3/h9H,4-7H2,1-3H3,(H2,11,12). The quantitative estimate of drug-likeness (QED) is 0.473. The summed E-state index contributed by atoms with van der Waals surface area (Å²) in [4.78, 5) is 4.48. The average molecular weight is 168 g/mol. The molecule has 1 unspecified atom stereocenters. The molecule has 0 radical (unpaired) electrons. The lowest BCUT2D eigenvalue weighted by Gasteiger charge is -2.36. The minimum atomic E-state index is 0.360. The normalized spacial score (nSPS) is 30.2. The zero-order chi connectivity index (χ0) is 9.19. The molecule has 2 nitrogen and oxygen atoms in total. The molecule has 2 N–H and O–H groups in total. The summed E-state index contributed by atoms with van der Waals surface area (Å²) in [6, 6.07) is 0.455. The lowest BCUT2D eigenvalue weighted by Crippen LogP contribution is -2.32. The Hall–Kier alpha value is -0.530. The van der Waals surface area contributed by atoms with Gasteiger partial charge in [-0.15, -0.1) is 0 Å². The summed E-state index contributed by atoms with van der Waals surface area (Å²) in [5, 5.41) is 0. The Morgan fingerprint density at radius 2 is 2.08 bits per heavy atom. The third-order valence-electron chi connectivity index (χ3n) is 2.81. The molecule has 0 aromatic heterocycles. The third-order valence-corrected chi connectivity index (χ3v) is 2.81. The van der Waals surface area contributed by atoms with Gasteiger partial charge in [0.05, 0.1) is 11.9 Å². The van der Waals surface area contributed by atoms with Crippen LogP contribution in [0.2, 0.25) is 0 Å². The highest BCUT2D eigenvalue weighted by Crippen LogP contribution is 2.37. The van der Waals surface area contributed by atoms with Gasteiger partial charge in [0.1, 0.15) is 0 Å². The minimum Gasteiger partial charge on any atom is -0.388 e. The maximum absolute atomic E-state index is 5.59. The van der Waals surface area contributed by atoms with Gasteiger partial charge in [-0.3, -0.25) is 4.99 Å². The molecule has 12 heavy (non-hydrogen) atoms. The first-order chi connectivity index (χ1) is 5.52. The summed E-state index contributed by atoms with van der Waals surface area (Å²) >= 11 is 0. The number of aliphatic imine (C=N–C) groups is 1. The van der Waals surface area contributed by atoms with Crippen molar-refractivity contribution in [2.24, 2.45) is 16.1 Å². The highest BCUT2D eigenvalue weighted by Gasteiger charge is 2.31. The van der Waals surface area contributed by atoms with E-state index in [-0.39, 0.29) is 0 Å². The van der Waals surface area contributed by atoms with Crippen molar-refractivity contribution >= 4 is 5.84 Å². The van der Waals surface area contributed by atoms with E-state index in [0.29, 0.717) is 11.5 Å². The van der Waals surface area contributed by atoms with Crippen LogP contribution in [0.25, 0.3) is 0 Å². The van der Waals surface area contributed by atoms with E-state index in [2.05, 4.69) is 18.8 Å². The number of nitrogens with two attached hydrogens (primary N) is 1. The molecular weight excluding hydrogens is 148 g/mol. The summed E-state index contributed by atoms with van der Waals surface area (Å²) in [7, 11) is 0. The van der Waals surface area contributed by atoms with Gasteiger partial charge in [-0.1, -0.05) is 26.7 Å². The molecule has 0 saturated heterocycles. The molecule has 0 heterocycles. The molecule has 0 aromatic rings. The lowest BCUT2D eigenvalue weighted by molar-refractivity contribution is 0.204. The number of nitrogens with zero attached hydrogens (tertiary/aromatic N) is 1. The second-order valence-corrected chi connectivity index (χ2v) is 4.52. The zero-order valence-corrected chi connectivity index (χ0v) is 8.43. The van der Waals surface area contributed by atoms with Crippen LogP contribution in [0, 0.1) is 5.41 Å². The van der Waals surface area contributed by atoms with Gasteiger partial charge in [-0.25, -0.2) is 0 Å². The van der Waals surface area contributed by atoms with Crippen LogP contribution in [0.3, 0.4) is 0 Å². The van der Waals surface area contributed by atoms with Gasteiger partial charge >= 0.3 is 0 Å². The number of hydrogen-bond acceptors (Lipinski definition) is 1. The van der Waals surface area contributed by atoms with Crippen molar-refractivity contribution in [3.05, 3.63) is 0 Å². The fourth-order valence-electron chi connectivity index (χ4n) is 1.96. The molecule has 1 fully saturated rings. The SMILES string of the molecule is CC(N)=NC1CCCCC1(C)C. The van der Waals surface area contributed by atoms with E-state index in [9.17, 15) is 0 Å². The van der Waals surface area contributed by atoms with E-state index in [0.717, 1.165) is 5.84 Å². The number of amidine groups is 1. The summed E-state index contributed by atoms with van der Waals surface area (Å²) in [6.07, 6.45) is 5.16. The molecule has 1 rings (SSSR count). The predicted molar refractivity (Wildman–Crippen MR) is 53.3 cm³/mol. The Kier molecular flexibility index (Phi) is 2.76. The van der Waals surface area contributed by atoms with Gasteiger partial charge in [0.25, 0.3) is 0 Å². The summed E-state index contributed by atoms with van der Waals surface area (Å²) in [6.45, 7) is 6.47. The Morgan fingerprint density at radius 1 is 1.42 bits per heavy atom. The van der Waals surface area contributed by atoms with Gasteiger partial charge in [-0.2, -0.15) is 0 Å².